The number of rotatable bonds is 4. The molecule has 13 heavy (non-hydrogen) atoms. The van der Waals surface area contributed by atoms with Crippen LogP contribution in [0, 0.1) is 0 Å². The van der Waals surface area contributed by atoms with E-state index in [0.717, 1.165) is 13.0 Å². The Morgan fingerprint density at radius 3 is 2.38 bits per heavy atom. The number of likely N-dealkylation sites (N-methyl/N-ethyl adjacent to an activating group) is 1. The van der Waals surface area contributed by atoms with Gasteiger partial charge in [-0.25, -0.2) is 0 Å². The van der Waals surface area contributed by atoms with E-state index in [-0.39, 0.29) is 5.54 Å². The van der Waals surface area contributed by atoms with Gasteiger partial charge < -0.3 is 11.1 Å². The van der Waals surface area contributed by atoms with Crippen LogP contribution in [0.3, 0.4) is 0 Å². The van der Waals surface area contributed by atoms with E-state index in [9.17, 15) is 0 Å². The van der Waals surface area contributed by atoms with E-state index in [1.54, 1.807) is 0 Å². The SMILES string of the molecule is CCC(N)(CNC)c1ccccc1. The molecule has 0 radical (unpaired) electrons. The Labute approximate surface area is 80.1 Å². The summed E-state index contributed by atoms with van der Waals surface area (Å²) in [7, 11) is 1.93. The van der Waals surface area contributed by atoms with E-state index in [1.807, 2.05) is 25.2 Å². The van der Waals surface area contributed by atoms with Gasteiger partial charge in [-0.2, -0.15) is 0 Å². The first-order chi connectivity index (χ1) is 6.23. The minimum absolute atomic E-state index is 0.226. The molecule has 0 spiro atoms. The molecule has 3 N–H and O–H groups in total. The van der Waals surface area contributed by atoms with Gasteiger partial charge in [-0.3, -0.25) is 0 Å². The van der Waals surface area contributed by atoms with E-state index in [4.69, 9.17) is 5.73 Å². The van der Waals surface area contributed by atoms with Gasteiger partial charge in [-0.05, 0) is 19.0 Å². The van der Waals surface area contributed by atoms with Crippen molar-refractivity contribution >= 4 is 0 Å². The number of hydrogen-bond donors (Lipinski definition) is 2. The lowest BCUT2D eigenvalue weighted by atomic mass is 9.88. The van der Waals surface area contributed by atoms with E-state index >= 15 is 0 Å². The summed E-state index contributed by atoms with van der Waals surface area (Å²) in [6.07, 6.45) is 0.942. The zero-order chi connectivity index (χ0) is 9.73. The highest BCUT2D eigenvalue weighted by atomic mass is 14.9. The monoisotopic (exact) mass is 178 g/mol. The summed E-state index contributed by atoms with van der Waals surface area (Å²) in [5.74, 6) is 0. The maximum Gasteiger partial charge on any atom is 0.0533 e. The molecule has 2 nitrogen and oxygen atoms in total. The van der Waals surface area contributed by atoms with Crippen LogP contribution in [-0.4, -0.2) is 13.6 Å². The van der Waals surface area contributed by atoms with Gasteiger partial charge in [0.25, 0.3) is 0 Å². The number of nitrogens with two attached hydrogens (primary N) is 1. The van der Waals surface area contributed by atoms with Crippen LogP contribution in [0.1, 0.15) is 18.9 Å². The maximum atomic E-state index is 6.27. The summed E-state index contributed by atoms with van der Waals surface area (Å²) in [5.41, 5.74) is 7.24. The minimum Gasteiger partial charge on any atom is -0.320 e. The molecule has 0 aliphatic rings. The fraction of sp³-hybridized carbons (Fsp3) is 0.455. The third-order valence-corrected chi connectivity index (χ3v) is 2.47. The van der Waals surface area contributed by atoms with Crippen LogP contribution in [0.4, 0.5) is 0 Å². The lowest BCUT2D eigenvalue weighted by Gasteiger charge is -2.28. The third kappa shape index (κ3) is 2.29. The topological polar surface area (TPSA) is 38.0 Å². The summed E-state index contributed by atoms with van der Waals surface area (Å²) >= 11 is 0. The van der Waals surface area contributed by atoms with Crippen molar-refractivity contribution in [2.75, 3.05) is 13.6 Å². The summed E-state index contributed by atoms with van der Waals surface area (Å²) in [6.45, 7) is 2.93. The van der Waals surface area contributed by atoms with Gasteiger partial charge in [0.05, 0.1) is 5.54 Å². The lowest BCUT2D eigenvalue weighted by molar-refractivity contribution is 0.409. The maximum absolute atomic E-state index is 6.27. The van der Waals surface area contributed by atoms with Crippen LogP contribution in [0.2, 0.25) is 0 Å². The number of hydrogen-bond acceptors (Lipinski definition) is 2. The molecule has 72 valence electrons. The summed E-state index contributed by atoms with van der Waals surface area (Å²) < 4.78 is 0. The molecule has 0 saturated heterocycles. The van der Waals surface area contributed by atoms with Crippen molar-refractivity contribution in [1.29, 1.82) is 0 Å². The predicted octanol–water partition coefficient (Wildman–Crippen LogP) is 1.47. The van der Waals surface area contributed by atoms with Crippen molar-refractivity contribution in [3.8, 4) is 0 Å². The Morgan fingerprint density at radius 2 is 1.92 bits per heavy atom. The number of benzene rings is 1. The van der Waals surface area contributed by atoms with Crippen LogP contribution < -0.4 is 11.1 Å². The van der Waals surface area contributed by atoms with Crippen molar-refractivity contribution in [3.05, 3.63) is 35.9 Å². The second-order valence-electron chi connectivity index (χ2n) is 3.41. The molecule has 0 aromatic heterocycles. The van der Waals surface area contributed by atoms with Gasteiger partial charge in [0, 0.05) is 6.54 Å². The van der Waals surface area contributed by atoms with Gasteiger partial charge in [0.1, 0.15) is 0 Å². The van der Waals surface area contributed by atoms with E-state index < -0.39 is 0 Å². The molecule has 0 amide bonds. The van der Waals surface area contributed by atoms with Crippen molar-refractivity contribution in [2.45, 2.75) is 18.9 Å². The minimum atomic E-state index is -0.226. The third-order valence-electron chi connectivity index (χ3n) is 2.47. The second-order valence-corrected chi connectivity index (χ2v) is 3.41. The molecule has 0 bridgehead atoms. The fourth-order valence-corrected chi connectivity index (χ4v) is 1.52. The molecule has 1 atom stereocenters. The standard InChI is InChI=1S/C11H18N2/c1-3-11(12,9-13-2)10-7-5-4-6-8-10/h4-8,13H,3,9,12H2,1-2H3. The Morgan fingerprint density at radius 1 is 1.31 bits per heavy atom. The molecular weight excluding hydrogens is 160 g/mol. The van der Waals surface area contributed by atoms with Crippen molar-refractivity contribution < 1.29 is 0 Å². The van der Waals surface area contributed by atoms with Crippen molar-refractivity contribution in [1.82, 2.24) is 5.32 Å². The highest BCUT2D eigenvalue weighted by Crippen LogP contribution is 2.20. The fourth-order valence-electron chi connectivity index (χ4n) is 1.52. The zero-order valence-electron chi connectivity index (χ0n) is 8.38. The smallest absolute Gasteiger partial charge is 0.0533 e. The van der Waals surface area contributed by atoms with Crippen LogP contribution in [0.25, 0.3) is 0 Å². The average Bonchev–Trinajstić information content (AvgIpc) is 2.19. The summed E-state index contributed by atoms with van der Waals surface area (Å²) in [4.78, 5) is 0. The normalized spacial score (nSPS) is 15.3. The predicted molar refractivity (Wildman–Crippen MR) is 56.5 cm³/mol. The van der Waals surface area contributed by atoms with Crippen molar-refractivity contribution in [2.24, 2.45) is 5.73 Å². The van der Waals surface area contributed by atoms with E-state index in [1.165, 1.54) is 5.56 Å². The van der Waals surface area contributed by atoms with Crippen LogP contribution in [0.5, 0.6) is 0 Å². The molecule has 1 unspecified atom stereocenters. The quantitative estimate of drug-likeness (QED) is 0.732. The second kappa shape index (κ2) is 4.40. The highest BCUT2D eigenvalue weighted by molar-refractivity contribution is 5.24. The van der Waals surface area contributed by atoms with E-state index in [2.05, 4.69) is 24.4 Å². The Balaban J connectivity index is 2.89. The molecule has 1 aromatic rings. The summed E-state index contributed by atoms with van der Waals surface area (Å²) in [6, 6.07) is 10.2. The van der Waals surface area contributed by atoms with E-state index in [0.29, 0.717) is 0 Å². The first kappa shape index (κ1) is 10.2. The molecule has 0 fully saturated rings. The molecule has 0 aliphatic heterocycles. The molecule has 0 saturated carbocycles. The Bertz CT molecular complexity index is 246. The zero-order valence-corrected chi connectivity index (χ0v) is 8.38. The van der Waals surface area contributed by atoms with Gasteiger partial charge in [-0.1, -0.05) is 37.3 Å². The largest absolute Gasteiger partial charge is 0.320 e. The summed E-state index contributed by atoms with van der Waals surface area (Å²) in [5, 5.41) is 3.13. The number of nitrogens with one attached hydrogen (secondary N) is 1. The lowest BCUT2D eigenvalue weighted by Crippen LogP contribution is -2.44. The highest BCUT2D eigenvalue weighted by Gasteiger charge is 2.23. The van der Waals surface area contributed by atoms with Crippen LogP contribution in [-0.2, 0) is 5.54 Å². The molecule has 0 heterocycles. The molecule has 1 rings (SSSR count). The Hall–Kier alpha value is -0.860. The van der Waals surface area contributed by atoms with Gasteiger partial charge in [-0.15, -0.1) is 0 Å². The van der Waals surface area contributed by atoms with Crippen LogP contribution >= 0.6 is 0 Å². The van der Waals surface area contributed by atoms with Gasteiger partial charge in [0.2, 0.25) is 0 Å². The molecule has 2 heteroatoms. The average molecular weight is 178 g/mol. The van der Waals surface area contributed by atoms with Crippen molar-refractivity contribution in [3.63, 3.8) is 0 Å². The van der Waals surface area contributed by atoms with Gasteiger partial charge >= 0.3 is 0 Å². The molecule has 1 aromatic carbocycles. The van der Waals surface area contributed by atoms with Gasteiger partial charge in [0.15, 0.2) is 0 Å². The van der Waals surface area contributed by atoms with Crippen LogP contribution in [0.15, 0.2) is 30.3 Å². The Kier molecular flexibility index (Phi) is 3.46. The molecule has 0 aliphatic carbocycles. The molecular formula is C11H18N2. The first-order valence-corrected chi connectivity index (χ1v) is 4.72. The first-order valence-electron chi connectivity index (χ1n) is 4.72.